The largest absolute Gasteiger partial charge is 0.497 e. The molecule has 0 unspecified atom stereocenters. The first kappa shape index (κ1) is 16.6. The highest BCUT2D eigenvalue weighted by Gasteiger charge is 2.09. The Balaban J connectivity index is 1.95. The smallest absolute Gasteiger partial charge is 0.234 e. The fourth-order valence-corrected chi connectivity index (χ4v) is 2.55. The molecular weight excluding hydrogens is 368 g/mol. The van der Waals surface area contributed by atoms with Crippen molar-refractivity contribution in [1.29, 1.82) is 0 Å². The zero-order valence-electron chi connectivity index (χ0n) is 12.1. The summed E-state index contributed by atoms with van der Waals surface area (Å²) in [6.07, 6.45) is 1.70. The van der Waals surface area contributed by atoms with Crippen LogP contribution in [0.2, 0.25) is 0 Å². The first-order chi connectivity index (χ1) is 10.6. The second-order valence-electron chi connectivity index (χ2n) is 4.22. The quantitative estimate of drug-likeness (QED) is 0.773. The van der Waals surface area contributed by atoms with Gasteiger partial charge in [0.05, 0.1) is 30.7 Å². The van der Waals surface area contributed by atoms with Gasteiger partial charge in [0, 0.05) is 16.7 Å². The van der Waals surface area contributed by atoms with Crippen LogP contribution in [0.15, 0.2) is 46.0 Å². The Morgan fingerprint density at radius 3 is 2.73 bits per heavy atom. The van der Waals surface area contributed by atoms with Crippen LogP contribution in [0.3, 0.4) is 0 Å². The molecule has 0 saturated carbocycles. The number of carbonyl (C=O) groups excluding carboxylic acids is 1. The summed E-state index contributed by atoms with van der Waals surface area (Å²) in [5.74, 6) is 1.37. The molecule has 1 amide bonds. The molecule has 0 aliphatic rings. The van der Waals surface area contributed by atoms with Gasteiger partial charge in [-0.25, -0.2) is 4.98 Å². The monoisotopic (exact) mass is 382 g/mol. The van der Waals surface area contributed by atoms with Crippen LogP contribution in [0.5, 0.6) is 11.5 Å². The van der Waals surface area contributed by atoms with E-state index >= 15 is 0 Å². The van der Waals surface area contributed by atoms with Crippen molar-refractivity contribution >= 4 is 39.3 Å². The predicted octanol–water partition coefficient (Wildman–Crippen LogP) is 3.59. The van der Waals surface area contributed by atoms with Crippen LogP contribution in [-0.2, 0) is 4.79 Å². The molecule has 0 fully saturated rings. The standard InChI is InChI=1S/C15H15BrN2O3S/c1-20-11-4-5-12(13(7-11)21-2)18-14(19)9-22-15-6-3-10(16)8-17-15/h3-8H,9H2,1-2H3,(H,18,19). The lowest BCUT2D eigenvalue weighted by Crippen LogP contribution is -2.14. The van der Waals surface area contributed by atoms with Crippen LogP contribution in [0.4, 0.5) is 5.69 Å². The lowest BCUT2D eigenvalue weighted by molar-refractivity contribution is -0.113. The third kappa shape index (κ3) is 4.64. The maximum atomic E-state index is 12.0. The maximum Gasteiger partial charge on any atom is 0.234 e. The van der Waals surface area contributed by atoms with Crippen LogP contribution >= 0.6 is 27.7 Å². The molecule has 116 valence electrons. The van der Waals surface area contributed by atoms with E-state index in [9.17, 15) is 4.79 Å². The first-order valence-corrected chi connectivity index (χ1v) is 8.16. The van der Waals surface area contributed by atoms with E-state index in [1.54, 1.807) is 38.6 Å². The molecule has 0 saturated heterocycles. The van der Waals surface area contributed by atoms with Crippen molar-refractivity contribution < 1.29 is 14.3 Å². The fourth-order valence-electron chi connectivity index (χ4n) is 1.68. The zero-order chi connectivity index (χ0) is 15.9. The summed E-state index contributed by atoms with van der Waals surface area (Å²) in [5.41, 5.74) is 0.609. The molecule has 1 heterocycles. The van der Waals surface area contributed by atoms with E-state index in [1.165, 1.54) is 11.8 Å². The van der Waals surface area contributed by atoms with Crippen molar-refractivity contribution in [2.45, 2.75) is 5.03 Å². The molecule has 0 radical (unpaired) electrons. The molecule has 0 bridgehead atoms. The number of ether oxygens (including phenoxy) is 2. The third-order valence-corrected chi connectivity index (χ3v) is 4.15. The number of thioether (sulfide) groups is 1. The van der Waals surface area contributed by atoms with Gasteiger partial charge in [0.1, 0.15) is 11.5 Å². The Bertz CT molecular complexity index is 650. The van der Waals surface area contributed by atoms with E-state index in [1.807, 2.05) is 12.1 Å². The molecule has 1 aromatic carbocycles. The highest BCUT2D eigenvalue weighted by Crippen LogP contribution is 2.29. The summed E-state index contributed by atoms with van der Waals surface area (Å²) in [6.45, 7) is 0. The van der Waals surface area contributed by atoms with E-state index in [4.69, 9.17) is 9.47 Å². The van der Waals surface area contributed by atoms with Crippen LogP contribution in [0, 0.1) is 0 Å². The van der Waals surface area contributed by atoms with Gasteiger partial charge in [-0.15, -0.1) is 0 Å². The zero-order valence-corrected chi connectivity index (χ0v) is 14.5. The van der Waals surface area contributed by atoms with Gasteiger partial charge in [-0.2, -0.15) is 0 Å². The summed E-state index contributed by atoms with van der Waals surface area (Å²) < 4.78 is 11.3. The minimum Gasteiger partial charge on any atom is -0.497 e. The number of nitrogens with one attached hydrogen (secondary N) is 1. The SMILES string of the molecule is COc1ccc(NC(=O)CSc2ccc(Br)cn2)c(OC)c1. The average Bonchev–Trinajstić information content (AvgIpc) is 2.54. The lowest BCUT2D eigenvalue weighted by Gasteiger charge is -2.11. The number of carbonyl (C=O) groups is 1. The summed E-state index contributed by atoms with van der Waals surface area (Å²) in [6, 6.07) is 8.98. The van der Waals surface area contributed by atoms with E-state index in [-0.39, 0.29) is 11.7 Å². The number of pyridine rings is 1. The van der Waals surface area contributed by atoms with Gasteiger partial charge in [-0.05, 0) is 40.2 Å². The molecule has 2 rings (SSSR count). The van der Waals surface area contributed by atoms with E-state index in [0.29, 0.717) is 17.2 Å². The van der Waals surface area contributed by atoms with Gasteiger partial charge in [0.15, 0.2) is 0 Å². The van der Waals surface area contributed by atoms with Crippen molar-refractivity contribution in [3.8, 4) is 11.5 Å². The number of halogens is 1. The second kappa shape index (κ2) is 8.05. The number of aromatic nitrogens is 1. The third-order valence-electron chi connectivity index (χ3n) is 2.73. The molecule has 1 aromatic heterocycles. The Labute approximate surface area is 141 Å². The van der Waals surface area contributed by atoms with Gasteiger partial charge in [0.25, 0.3) is 0 Å². The molecule has 0 aliphatic heterocycles. The van der Waals surface area contributed by atoms with Gasteiger partial charge in [-0.3, -0.25) is 4.79 Å². The number of nitrogens with zero attached hydrogens (tertiary/aromatic N) is 1. The first-order valence-electron chi connectivity index (χ1n) is 6.38. The Morgan fingerprint density at radius 2 is 2.09 bits per heavy atom. The molecule has 5 nitrogen and oxygen atoms in total. The summed E-state index contributed by atoms with van der Waals surface area (Å²) >= 11 is 4.69. The maximum absolute atomic E-state index is 12.0. The lowest BCUT2D eigenvalue weighted by atomic mass is 10.2. The van der Waals surface area contributed by atoms with Crippen molar-refractivity contribution in [3.63, 3.8) is 0 Å². The van der Waals surface area contributed by atoms with Crippen molar-refractivity contribution in [2.24, 2.45) is 0 Å². The Kier molecular flexibility index (Phi) is 6.09. The van der Waals surface area contributed by atoms with Gasteiger partial charge < -0.3 is 14.8 Å². The summed E-state index contributed by atoms with van der Waals surface area (Å²) in [5, 5.41) is 3.61. The summed E-state index contributed by atoms with van der Waals surface area (Å²) in [4.78, 5) is 16.2. The van der Waals surface area contributed by atoms with Crippen LogP contribution < -0.4 is 14.8 Å². The number of methoxy groups -OCH3 is 2. The number of amides is 1. The van der Waals surface area contributed by atoms with Crippen molar-refractivity contribution in [1.82, 2.24) is 4.98 Å². The number of hydrogen-bond donors (Lipinski definition) is 1. The highest BCUT2D eigenvalue weighted by atomic mass is 79.9. The van der Waals surface area contributed by atoms with E-state index < -0.39 is 0 Å². The fraction of sp³-hybridized carbons (Fsp3) is 0.200. The number of anilines is 1. The minimum absolute atomic E-state index is 0.127. The van der Waals surface area contributed by atoms with Crippen molar-refractivity contribution in [2.75, 3.05) is 25.3 Å². The average molecular weight is 383 g/mol. The molecule has 1 N–H and O–H groups in total. The van der Waals surface area contributed by atoms with Gasteiger partial charge >= 0.3 is 0 Å². The van der Waals surface area contributed by atoms with Crippen molar-refractivity contribution in [3.05, 3.63) is 41.0 Å². The predicted molar refractivity (Wildman–Crippen MR) is 90.8 cm³/mol. The molecule has 2 aromatic rings. The molecule has 7 heteroatoms. The van der Waals surface area contributed by atoms with E-state index in [0.717, 1.165) is 9.50 Å². The highest BCUT2D eigenvalue weighted by molar-refractivity contribution is 9.10. The number of hydrogen-bond acceptors (Lipinski definition) is 5. The van der Waals surface area contributed by atoms with Crippen LogP contribution in [0.25, 0.3) is 0 Å². The molecule has 0 aliphatic carbocycles. The minimum atomic E-state index is -0.127. The van der Waals surface area contributed by atoms with Crippen LogP contribution in [-0.4, -0.2) is 30.9 Å². The number of benzene rings is 1. The second-order valence-corrected chi connectivity index (χ2v) is 6.13. The topological polar surface area (TPSA) is 60.5 Å². The van der Waals surface area contributed by atoms with Crippen LogP contribution in [0.1, 0.15) is 0 Å². The van der Waals surface area contributed by atoms with E-state index in [2.05, 4.69) is 26.2 Å². The molecule has 0 atom stereocenters. The number of rotatable bonds is 6. The molecule has 0 spiro atoms. The Hall–Kier alpha value is -1.73. The van der Waals surface area contributed by atoms with Gasteiger partial charge in [-0.1, -0.05) is 11.8 Å². The molecular formula is C15H15BrN2O3S. The normalized spacial score (nSPS) is 10.1. The summed E-state index contributed by atoms with van der Waals surface area (Å²) in [7, 11) is 3.12. The van der Waals surface area contributed by atoms with Gasteiger partial charge in [0.2, 0.25) is 5.91 Å². The Morgan fingerprint density at radius 1 is 1.27 bits per heavy atom. The molecule has 22 heavy (non-hydrogen) atoms.